The van der Waals surface area contributed by atoms with Crippen LogP contribution in [0, 0.1) is 12.8 Å². The van der Waals surface area contributed by atoms with Crippen LogP contribution in [0.15, 0.2) is 55.2 Å². The van der Waals surface area contributed by atoms with E-state index in [0.717, 1.165) is 28.0 Å². The van der Waals surface area contributed by atoms with Gasteiger partial charge in [0.25, 0.3) is 0 Å². The number of fused-ring (bicyclic) bond motifs is 1. The molecule has 0 aliphatic carbocycles. The number of hydrogen-bond acceptors (Lipinski definition) is 5. The number of H-pyrrole nitrogens is 1. The zero-order chi connectivity index (χ0) is 19.8. The van der Waals surface area contributed by atoms with Gasteiger partial charge in [-0.3, -0.25) is 9.89 Å². The third-order valence-corrected chi connectivity index (χ3v) is 5.36. The number of aromatic amines is 1. The summed E-state index contributed by atoms with van der Waals surface area (Å²) in [6.45, 7) is 3.91. The molecule has 3 aromatic heterocycles. The van der Waals surface area contributed by atoms with E-state index >= 15 is 0 Å². The Morgan fingerprint density at radius 3 is 2.83 bits per heavy atom. The van der Waals surface area contributed by atoms with Crippen LogP contribution in [0.25, 0.3) is 16.6 Å². The molecule has 0 spiro atoms. The fraction of sp³-hybridized carbons (Fsp3) is 0.238. The van der Waals surface area contributed by atoms with Gasteiger partial charge in [-0.25, -0.2) is 9.50 Å². The van der Waals surface area contributed by atoms with E-state index in [1.807, 2.05) is 35.1 Å². The Balaban J connectivity index is 1.25. The van der Waals surface area contributed by atoms with Gasteiger partial charge in [0.05, 0.1) is 12.1 Å². The largest absolute Gasteiger partial charge is 0.353 e. The van der Waals surface area contributed by atoms with Gasteiger partial charge in [0, 0.05) is 43.2 Å². The number of nitrogens with one attached hydrogen (secondary N) is 2. The molecule has 8 heteroatoms. The normalized spacial score (nSPS) is 14.2. The van der Waals surface area contributed by atoms with Gasteiger partial charge in [-0.2, -0.15) is 10.2 Å². The quantitative estimate of drug-likeness (QED) is 0.548. The van der Waals surface area contributed by atoms with Crippen LogP contribution in [0.4, 0.5) is 5.82 Å². The first-order valence-electron chi connectivity index (χ1n) is 9.58. The molecule has 0 bridgehead atoms. The SMILES string of the molecule is Cc1ccc(CNC(=O)C2CN(c3ncnn4cc(-c5cn[nH]c5)cc34)C2)cc1. The monoisotopic (exact) mass is 387 g/mol. The van der Waals surface area contributed by atoms with Crippen LogP contribution in [-0.2, 0) is 11.3 Å². The van der Waals surface area contributed by atoms with Crippen molar-refractivity contribution < 1.29 is 4.79 Å². The van der Waals surface area contributed by atoms with Gasteiger partial charge in [0.15, 0.2) is 5.82 Å². The van der Waals surface area contributed by atoms with E-state index < -0.39 is 0 Å². The van der Waals surface area contributed by atoms with Gasteiger partial charge >= 0.3 is 0 Å². The maximum Gasteiger partial charge on any atom is 0.226 e. The van der Waals surface area contributed by atoms with E-state index in [1.165, 1.54) is 5.56 Å². The van der Waals surface area contributed by atoms with Crippen LogP contribution >= 0.6 is 0 Å². The minimum atomic E-state index is -0.0289. The molecule has 4 heterocycles. The zero-order valence-corrected chi connectivity index (χ0v) is 16.0. The summed E-state index contributed by atoms with van der Waals surface area (Å²) >= 11 is 0. The lowest BCUT2D eigenvalue weighted by Crippen LogP contribution is -2.54. The molecule has 0 unspecified atom stereocenters. The van der Waals surface area contributed by atoms with Gasteiger partial charge in [-0.05, 0) is 18.6 Å². The standard InChI is InChI=1S/C21H21N7O/c1-14-2-4-15(5-3-14)7-22-21(29)18-10-27(11-18)20-19-6-16(17-8-24-25-9-17)12-28(19)26-13-23-20/h2-6,8-9,12-13,18H,7,10-11H2,1H3,(H,22,29)(H,24,25). The number of anilines is 1. The summed E-state index contributed by atoms with van der Waals surface area (Å²) in [6, 6.07) is 10.3. The molecule has 1 saturated heterocycles. The Morgan fingerprint density at radius 1 is 1.24 bits per heavy atom. The smallest absolute Gasteiger partial charge is 0.226 e. The summed E-state index contributed by atoms with van der Waals surface area (Å²) in [5, 5.41) is 14.2. The topological polar surface area (TPSA) is 91.2 Å². The van der Waals surface area contributed by atoms with Gasteiger partial charge in [0.1, 0.15) is 11.8 Å². The first kappa shape index (κ1) is 17.4. The average molecular weight is 387 g/mol. The summed E-state index contributed by atoms with van der Waals surface area (Å²) in [4.78, 5) is 19.1. The summed E-state index contributed by atoms with van der Waals surface area (Å²) in [5.41, 5.74) is 5.26. The first-order chi connectivity index (χ1) is 14.2. The van der Waals surface area contributed by atoms with Crippen LogP contribution in [-0.4, -0.2) is 43.8 Å². The summed E-state index contributed by atoms with van der Waals surface area (Å²) in [7, 11) is 0. The van der Waals surface area contributed by atoms with Crippen molar-refractivity contribution >= 4 is 17.2 Å². The maximum atomic E-state index is 12.5. The molecule has 29 heavy (non-hydrogen) atoms. The van der Waals surface area contributed by atoms with Gasteiger partial charge in [-0.15, -0.1) is 0 Å². The van der Waals surface area contributed by atoms with Crippen molar-refractivity contribution in [3.8, 4) is 11.1 Å². The number of rotatable bonds is 5. The fourth-order valence-electron chi connectivity index (χ4n) is 3.58. The molecule has 2 N–H and O–H groups in total. The number of benzene rings is 1. The Labute approximate surface area is 167 Å². The average Bonchev–Trinajstić information content (AvgIpc) is 3.36. The molecule has 4 aromatic rings. The number of amides is 1. The predicted molar refractivity (Wildman–Crippen MR) is 109 cm³/mol. The number of carbonyl (C=O) groups excluding carboxylic acids is 1. The molecule has 1 aliphatic heterocycles. The number of aromatic nitrogens is 5. The Morgan fingerprint density at radius 2 is 2.07 bits per heavy atom. The van der Waals surface area contributed by atoms with Gasteiger partial charge in [0.2, 0.25) is 5.91 Å². The van der Waals surface area contributed by atoms with E-state index in [-0.39, 0.29) is 11.8 Å². The van der Waals surface area contributed by atoms with Crippen molar-refractivity contribution in [3.63, 3.8) is 0 Å². The van der Waals surface area contributed by atoms with Gasteiger partial charge < -0.3 is 10.2 Å². The second-order valence-corrected chi connectivity index (χ2v) is 7.43. The maximum absolute atomic E-state index is 12.5. The minimum absolute atomic E-state index is 0.0289. The molecule has 1 amide bonds. The second-order valence-electron chi connectivity index (χ2n) is 7.43. The van der Waals surface area contributed by atoms with Crippen molar-refractivity contribution in [2.45, 2.75) is 13.5 Å². The number of carbonyl (C=O) groups is 1. The first-order valence-corrected chi connectivity index (χ1v) is 9.58. The van der Waals surface area contributed by atoms with E-state index in [0.29, 0.717) is 19.6 Å². The van der Waals surface area contributed by atoms with E-state index in [2.05, 4.69) is 49.6 Å². The van der Waals surface area contributed by atoms with Crippen molar-refractivity contribution in [2.24, 2.45) is 5.92 Å². The molecule has 0 atom stereocenters. The van der Waals surface area contributed by atoms with E-state index in [4.69, 9.17) is 0 Å². The molecular weight excluding hydrogens is 366 g/mol. The van der Waals surface area contributed by atoms with Gasteiger partial charge in [-0.1, -0.05) is 29.8 Å². The summed E-state index contributed by atoms with van der Waals surface area (Å²) in [6.07, 6.45) is 7.13. The zero-order valence-electron chi connectivity index (χ0n) is 16.0. The molecule has 5 rings (SSSR count). The van der Waals surface area contributed by atoms with Crippen LogP contribution in [0.1, 0.15) is 11.1 Å². The van der Waals surface area contributed by atoms with E-state index in [9.17, 15) is 4.79 Å². The fourth-order valence-corrected chi connectivity index (χ4v) is 3.58. The highest BCUT2D eigenvalue weighted by molar-refractivity contribution is 5.84. The lowest BCUT2D eigenvalue weighted by atomic mass is 9.99. The third kappa shape index (κ3) is 3.33. The van der Waals surface area contributed by atoms with Crippen LogP contribution in [0.2, 0.25) is 0 Å². The number of aryl methyl sites for hydroxylation is 1. The molecule has 1 aromatic carbocycles. The molecule has 146 valence electrons. The highest BCUT2D eigenvalue weighted by Crippen LogP contribution is 2.30. The number of hydrogen-bond donors (Lipinski definition) is 2. The predicted octanol–water partition coefficient (Wildman–Crippen LogP) is 2.18. The molecule has 8 nitrogen and oxygen atoms in total. The Hall–Kier alpha value is -3.68. The molecular formula is C21H21N7O. The second kappa shape index (κ2) is 7.05. The van der Waals surface area contributed by atoms with Crippen LogP contribution in [0.3, 0.4) is 0 Å². The van der Waals surface area contributed by atoms with Crippen molar-refractivity contribution in [3.05, 3.63) is 66.4 Å². The third-order valence-electron chi connectivity index (χ3n) is 5.36. The lowest BCUT2D eigenvalue weighted by Gasteiger charge is -2.39. The Kier molecular flexibility index (Phi) is 4.23. The van der Waals surface area contributed by atoms with Crippen LogP contribution in [0.5, 0.6) is 0 Å². The molecule has 0 radical (unpaired) electrons. The Bertz CT molecular complexity index is 1140. The minimum Gasteiger partial charge on any atom is -0.353 e. The van der Waals surface area contributed by atoms with Crippen LogP contribution < -0.4 is 10.2 Å². The highest BCUT2D eigenvalue weighted by Gasteiger charge is 2.34. The lowest BCUT2D eigenvalue weighted by molar-refractivity contribution is -0.125. The molecule has 1 fully saturated rings. The highest BCUT2D eigenvalue weighted by atomic mass is 16.2. The molecule has 0 saturated carbocycles. The summed E-state index contributed by atoms with van der Waals surface area (Å²) < 4.78 is 1.81. The van der Waals surface area contributed by atoms with Crippen molar-refractivity contribution in [2.75, 3.05) is 18.0 Å². The molecule has 1 aliphatic rings. The van der Waals surface area contributed by atoms with Crippen molar-refractivity contribution in [1.82, 2.24) is 30.1 Å². The number of nitrogens with zero attached hydrogens (tertiary/aromatic N) is 5. The van der Waals surface area contributed by atoms with E-state index in [1.54, 1.807) is 12.5 Å². The summed E-state index contributed by atoms with van der Waals surface area (Å²) in [5.74, 6) is 0.900. The van der Waals surface area contributed by atoms with Crippen molar-refractivity contribution in [1.29, 1.82) is 0 Å².